The van der Waals surface area contributed by atoms with E-state index in [2.05, 4.69) is 0 Å². The number of hydrogen-bond acceptors (Lipinski definition) is 3. The maximum Gasteiger partial charge on any atom is 0.415 e. The molecule has 2 aromatic rings. The average molecular weight is 352 g/mol. The van der Waals surface area contributed by atoms with Crippen LogP contribution in [0, 0.1) is 5.82 Å². The Balaban J connectivity index is 2.39. The molecule has 0 atom stereocenters. The van der Waals surface area contributed by atoms with Crippen molar-refractivity contribution in [1.82, 2.24) is 0 Å². The minimum atomic E-state index is -0.697. The lowest BCUT2D eigenvalue weighted by atomic mass is 10.1. The first-order valence-corrected chi connectivity index (χ1v) is 7.77. The van der Waals surface area contributed by atoms with E-state index in [0.29, 0.717) is 11.3 Å². The van der Waals surface area contributed by atoms with E-state index in [1.807, 2.05) is 0 Å². The van der Waals surface area contributed by atoms with Gasteiger partial charge in [0.05, 0.1) is 11.6 Å². The lowest BCUT2D eigenvalue weighted by Crippen LogP contribution is -2.36. The summed E-state index contributed by atoms with van der Waals surface area (Å²) in [6.45, 7) is 5.31. The first-order chi connectivity index (χ1) is 11.2. The average Bonchev–Trinajstić information content (AvgIpc) is 2.47. The van der Waals surface area contributed by atoms with Gasteiger partial charge in [0.15, 0.2) is 0 Å². The maximum atomic E-state index is 13.4. The topological polar surface area (TPSA) is 49.8 Å². The highest BCUT2D eigenvalue weighted by Crippen LogP contribution is 2.27. The highest BCUT2D eigenvalue weighted by Gasteiger charge is 2.25. The zero-order valence-electron chi connectivity index (χ0n) is 13.7. The van der Waals surface area contributed by atoms with Crippen molar-refractivity contribution < 1.29 is 19.0 Å². The quantitative estimate of drug-likeness (QED) is 0.834. The molecule has 128 valence electrons. The molecule has 0 fully saturated rings. The van der Waals surface area contributed by atoms with Gasteiger partial charge in [0.2, 0.25) is 0 Å². The van der Waals surface area contributed by atoms with Gasteiger partial charge in [-0.15, -0.1) is 0 Å². The van der Waals surface area contributed by atoms with Crippen molar-refractivity contribution in [2.24, 2.45) is 0 Å². The van der Waals surface area contributed by atoms with Crippen LogP contribution in [0.5, 0.6) is 5.75 Å². The normalized spacial score (nSPS) is 11.2. The third-order valence-electron chi connectivity index (χ3n) is 3.15. The number of benzene rings is 2. The number of phenols is 1. The Morgan fingerprint density at radius 2 is 1.92 bits per heavy atom. The summed E-state index contributed by atoms with van der Waals surface area (Å²) in [5.41, 5.74) is 0.209. The lowest BCUT2D eigenvalue weighted by Gasteiger charge is -2.28. The molecule has 0 aliphatic rings. The summed E-state index contributed by atoms with van der Waals surface area (Å²) in [5, 5.41) is 9.86. The number of ether oxygens (including phenoxy) is 1. The Hall–Kier alpha value is -2.27. The Morgan fingerprint density at radius 1 is 1.25 bits per heavy atom. The number of phenolic OH excluding ortho intramolecular Hbond substituents is 1. The van der Waals surface area contributed by atoms with E-state index in [4.69, 9.17) is 16.3 Å². The molecule has 0 unspecified atom stereocenters. The highest BCUT2D eigenvalue weighted by atomic mass is 35.5. The fourth-order valence-electron chi connectivity index (χ4n) is 2.05. The standard InChI is InChI=1S/C18H19ClFNO3/c1-18(2,3)24-17(23)21(11-12-6-4-5-7-16(12)22)13-8-9-15(20)14(19)10-13/h4-10,22H,11H2,1-3H3. The first-order valence-electron chi connectivity index (χ1n) is 7.40. The summed E-state index contributed by atoms with van der Waals surface area (Å²) in [5.74, 6) is -0.522. The molecule has 1 N–H and O–H groups in total. The van der Waals surface area contributed by atoms with Crippen molar-refractivity contribution in [2.45, 2.75) is 32.9 Å². The zero-order valence-corrected chi connectivity index (χ0v) is 14.5. The van der Waals surface area contributed by atoms with Crippen LogP contribution in [0.4, 0.5) is 14.9 Å². The number of hydrogen-bond donors (Lipinski definition) is 1. The Morgan fingerprint density at radius 3 is 2.50 bits per heavy atom. The van der Waals surface area contributed by atoms with Gasteiger partial charge in [0, 0.05) is 11.3 Å². The van der Waals surface area contributed by atoms with Gasteiger partial charge >= 0.3 is 6.09 Å². The van der Waals surface area contributed by atoms with Crippen LogP contribution in [0.2, 0.25) is 5.02 Å². The number of halogens is 2. The predicted molar refractivity (Wildman–Crippen MR) is 91.9 cm³/mol. The molecule has 24 heavy (non-hydrogen) atoms. The SMILES string of the molecule is CC(C)(C)OC(=O)N(Cc1ccccc1O)c1ccc(F)c(Cl)c1. The van der Waals surface area contributed by atoms with Gasteiger partial charge in [0.25, 0.3) is 0 Å². The number of rotatable bonds is 3. The van der Waals surface area contributed by atoms with Gasteiger partial charge in [0.1, 0.15) is 17.2 Å². The summed E-state index contributed by atoms with van der Waals surface area (Å²) >= 11 is 5.83. The number of carbonyl (C=O) groups excluding carboxylic acids is 1. The van der Waals surface area contributed by atoms with Gasteiger partial charge in [-0.3, -0.25) is 4.90 Å². The number of carbonyl (C=O) groups is 1. The van der Waals surface area contributed by atoms with Gasteiger partial charge in [-0.05, 0) is 45.0 Å². The molecular weight excluding hydrogens is 333 g/mol. The number of amides is 1. The monoisotopic (exact) mass is 351 g/mol. The number of aromatic hydroxyl groups is 1. The molecule has 1 amide bonds. The van der Waals surface area contributed by atoms with Gasteiger partial charge in [-0.25, -0.2) is 9.18 Å². The molecule has 0 bridgehead atoms. The van der Waals surface area contributed by atoms with E-state index < -0.39 is 17.5 Å². The summed E-state index contributed by atoms with van der Waals surface area (Å²) in [6.07, 6.45) is -0.617. The van der Waals surface area contributed by atoms with Crippen molar-refractivity contribution in [3.05, 3.63) is 58.9 Å². The summed E-state index contributed by atoms with van der Waals surface area (Å²) in [4.78, 5) is 13.9. The zero-order chi connectivity index (χ0) is 17.9. The molecule has 0 heterocycles. The molecule has 0 aliphatic carbocycles. The molecule has 2 aromatic carbocycles. The van der Waals surface area contributed by atoms with E-state index >= 15 is 0 Å². The van der Waals surface area contributed by atoms with Crippen molar-refractivity contribution in [2.75, 3.05) is 4.90 Å². The Labute approximate surface area is 145 Å². The first kappa shape index (κ1) is 18.1. The van der Waals surface area contributed by atoms with Gasteiger partial charge in [-0.2, -0.15) is 0 Å². The van der Waals surface area contributed by atoms with Crippen LogP contribution in [-0.4, -0.2) is 16.8 Å². The molecule has 0 radical (unpaired) electrons. The Bertz CT molecular complexity index is 743. The predicted octanol–water partition coefficient (Wildman–Crippen LogP) is 5.13. The highest BCUT2D eigenvalue weighted by molar-refractivity contribution is 6.31. The fourth-order valence-corrected chi connectivity index (χ4v) is 2.22. The van der Waals surface area contributed by atoms with Crippen molar-refractivity contribution >= 4 is 23.4 Å². The van der Waals surface area contributed by atoms with Crippen LogP contribution in [0.3, 0.4) is 0 Å². The summed E-state index contributed by atoms with van der Waals surface area (Å²) < 4.78 is 18.8. The van der Waals surface area contributed by atoms with E-state index in [1.54, 1.807) is 39.0 Å². The molecule has 0 spiro atoms. The van der Waals surface area contributed by atoms with Crippen molar-refractivity contribution in [1.29, 1.82) is 0 Å². The van der Waals surface area contributed by atoms with Crippen LogP contribution in [-0.2, 0) is 11.3 Å². The minimum Gasteiger partial charge on any atom is -0.508 e. The number of anilines is 1. The molecule has 0 saturated carbocycles. The van der Waals surface area contributed by atoms with Crippen molar-refractivity contribution in [3.63, 3.8) is 0 Å². The summed E-state index contributed by atoms with van der Waals surface area (Å²) in [7, 11) is 0. The third-order valence-corrected chi connectivity index (χ3v) is 3.44. The van der Waals surface area contributed by atoms with Crippen molar-refractivity contribution in [3.8, 4) is 5.75 Å². The molecule has 4 nitrogen and oxygen atoms in total. The number of nitrogens with zero attached hydrogens (tertiary/aromatic N) is 1. The van der Waals surface area contributed by atoms with E-state index in [0.717, 1.165) is 0 Å². The third kappa shape index (κ3) is 4.61. The smallest absolute Gasteiger partial charge is 0.415 e. The number of para-hydroxylation sites is 1. The second-order valence-electron chi connectivity index (χ2n) is 6.29. The second-order valence-corrected chi connectivity index (χ2v) is 6.70. The lowest BCUT2D eigenvalue weighted by molar-refractivity contribution is 0.0577. The van der Waals surface area contributed by atoms with Crippen LogP contribution in [0.15, 0.2) is 42.5 Å². The van der Waals surface area contributed by atoms with Crippen LogP contribution in [0.1, 0.15) is 26.3 Å². The maximum absolute atomic E-state index is 13.4. The van der Waals surface area contributed by atoms with Crippen LogP contribution in [0.25, 0.3) is 0 Å². The van der Waals surface area contributed by atoms with Gasteiger partial charge in [-0.1, -0.05) is 29.8 Å². The minimum absolute atomic E-state index is 0.0549. The molecule has 0 aromatic heterocycles. The van der Waals surface area contributed by atoms with E-state index in [-0.39, 0.29) is 17.3 Å². The van der Waals surface area contributed by atoms with Crippen LogP contribution >= 0.6 is 11.6 Å². The molecule has 2 rings (SSSR count). The summed E-state index contributed by atoms with van der Waals surface area (Å²) in [6, 6.07) is 10.6. The molecular formula is C18H19ClFNO3. The van der Waals surface area contributed by atoms with Gasteiger partial charge < -0.3 is 9.84 Å². The fraction of sp³-hybridized carbons (Fsp3) is 0.278. The molecule has 0 saturated heterocycles. The Kier molecular flexibility index (Phi) is 5.34. The van der Waals surface area contributed by atoms with E-state index in [1.165, 1.54) is 29.2 Å². The second kappa shape index (κ2) is 7.09. The molecule has 6 heteroatoms. The largest absolute Gasteiger partial charge is 0.508 e. The van der Waals surface area contributed by atoms with E-state index in [9.17, 15) is 14.3 Å². The molecule has 0 aliphatic heterocycles. The van der Waals surface area contributed by atoms with Crippen LogP contribution < -0.4 is 4.90 Å².